The van der Waals surface area contributed by atoms with Crippen LogP contribution in [-0.4, -0.2) is 116 Å². The Balaban J connectivity index is 3.07. The molecule has 0 saturated carbocycles. The van der Waals surface area contributed by atoms with Crippen molar-refractivity contribution in [3.63, 3.8) is 0 Å². The lowest BCUT2D eigenvalue weighted by Gasteiger charge is -2.44. The fraction of sp³-hybridized carbons (Fsp3) is 0.810. The maximum Gasteiger partial charge on any atom is 0.303 e. The van der Waals surface area contributed by atoms with Gasteiger partial charge in [0, 0.05) is 47.3 Å². The van der Waals surface area contributed by atoms with Crippen LogP contribution in [0.4, 0.5) is 0 Å². The zero-order valence-electron chi connectivity index (χ0n) is 20.0. The molecule has 5 atom stereocenters. The largest absolute Gasteiger partial charge is 0.463 e. The normalized spacial score (nSPS) is 24.4. The van der Waals surface area contributed by atoms with E-state index < -0.39 is 54.6 Å². The zero-order chi connectivity index (χ0) is 25.7. The van der Waals surface area contributed by atoms with Gasteiger partial charge in [-0.05, 0) is 6.42 Å². The maximum atomic E-state index is 11.8. The first-order chi connectivity index (χ1) is 16.1. The van der Waals surface area contributed by atoms with E-state index >= 15 is 0 Å². The van der Waals surface area contributed by atoms with Crippen LogP contribution < -0.4 is 0 Å². The molecule has 0 spiro atoms. The van der Waals surface area contributed by atoms with Gasteiger partial charge in [0.15, 0.2) is 24.6 Å². The Morgan fingerprint density at radius 2 is 1.29 bits per heavy atom. The molecule has 5 unspecified atom stereocenters. The van der Waals surface area contributed by atoms with Gasteiger partial charge in [-0.15, -0.1) is 0 Å². The quantitative estimate of drug-likeness (QED) is 0.168. The van der Waals surface area contributed by atoms with E-state index in [-0.39, 0.29) is 26.4 Å². The Kier molecular flexibility index (Phi) is 13.6. The minimum Gasteiger partial charge on any atom is -0.463 e. The van der Waals surface area contributed by atoms with Gasteiger partial charge < -0.3 is 38.6 Å². The lowest BCUT2D eigenvalue weighted by atomic mass is 9.98. The smallest absolute Gasteiger partial charge is 0.303 e. The Hall–Kier alpha value is -2.32. The molecule has 1 aliphatic heterocycles. The van der Waals surface area contributed by atoms with Crippen LogP contribution in [0.2, 0.25) is 0 Å². The van der Waals surface area contributed by atoms with Crippen LogP contribution in [-0.2, 0) is 47.6 Å². The van der Waals surface area contributed by atoms with Gasteiger partial charge in [-0.2, -0.15) is 0 Å². The first-order valence-electron chi connectivity index (χ1n) is 10.9. The molecule has 13 heteroatoms. The molecule has 196 valence electrons. The van der Waals surface area contributed by atoms with Gasteiger partial charge in [-0.1, -0.05) is 0 Å². The van der Waals surface area contributed by atoms with Crippen molar-refractivity contribution in [2.45, 2.75) is 64.8 Å². The molecular formula is C21H35NO12. The van der Waals surface area contributed by atoms with E-state index in [0.29, 0.717) is 26.1 Å². The van der Waals surface area contributed by atoms with E-state index in [9.17, 15) is 19.2 Å². The molecule has 1 saturated heterocycles. The molecule has 0 aliphatic carbocycles. The molecule has 1 aliphatic rings. The predicted octanol–water partition coefficient (Wildman–Crippen LogP) is -1.24. The van der Waals surface area contributed by atoms with Crippen molar-refractivity contribution in [2.75, 3.05) is 46.1 Å². The molecule has 0 amide bonds. The summed E-state index contributed by atoms with van der Waals surface area (Å²) in [6, 6.07) is 0. The van der Waals surface area contributed by atoms with Crippen LogP contribution in [0.25, 0.3) is 0 Å². The van der Waals surface area contributed by atoms with E-state index in [1.807, 2.05) is 4.90 Å². The van der Waals surface area contributed by atoms with E-state index in [4.69, 9.17) is 38.6 Å². The minimum atomic E-state index is -1.29. The number of carbonyl (C=O) groups is 4. The molecule has 34 heavy (non-hydrogen) atoms. The fourth-order valence-electron chi connectivity index (χ4n) is 3.43. The van der Waals surface area contributed by atoms with Crippen LogP contribution in [0.3, 0.4) is 0 Å². The molecule has 1 fully saturated rings. The molecule has 13 nitrogen and oxygen atoms in total. The van der Waals surface area contributed by atoms with Gasteiger partial charge in [0.25, 0.3) is 0 Å². The third-order valence-corrected chi connectivity index (χ3v) is 4.68. The van der Waals surface area contributed by atoms with Crippen molar-refractivity contribution in [3.05, 3.63) is 0 Å². The number of hydrogen-bond acceptors (Lipinski definition) is 13. The average molecular weight is 494 g/mol. The lowest BCUT2D eigenvalue weighted by Crippen LogP contribution is -2.63. The highest BCUT2D eigenvalue weighted by atomic mass is 16.7. The van der Waals surface area contributed by atoms with Crippen LogP contribution in [0, 0.1) is 0 Å². The van der Waals surface area contributed by atoms with Crippen molar-refractivity contribution < 1.29 is 57.8 Å². The first-order valence-corrected chi connectivity index (χ1v) is 10.9. The lowest BCUT2D eigenvalue weighted by molar-refractivity contribution is -0.308. The molecule has 0 bridgehead atoms. The second kappa shape index (κ2) is 15.6. The molecule has 0 aromatic carbocycles. The van der Waals surface area contributed by atoms with Gasteiger partial charge in [-0.3, -0.25) is 24.1 Å². The topological polar surface area (TPSA) is 167 Å². The molecule has 0 aromatic heterocycles. The van der Waals surface area contributed by atoms with Crippen molar-refractivity contribution in [1.82, 2.24) is 4.90 Å². The Labute approximate surface area is 198 Å². The van der Waals surface area contributed by atoms with Crippen molar-refractivity contribution in [2.24, 2.45) is 0 Å². The van der Waals surface area contributed by atoms with E-state index in [0.717, 1.165) is 20.8 Å². The third-order valence-electron chi connectivity index (χ3n) is 4.68. The summed E-state index contributed by atoms with van der Waals surface area (Å²) in [5.74, 6) is -2.76. The second-order valence-electron chi connectivity index (χ2n) is 7.58. The zero-order valence-corrected chi connectivity index (χ0v) is 20.0. The SMILES string of the molecule is CC(=O)OCC1OC(OCCCN(CCO)CCO)C(OC(C)=O)C(OC(C)=O)C1OC(C)=O. The van der Waals surface area contributed by atoms with Crippen LogP contribution in [0.1, 0.15) is 34.1 Å². The summed E-state index contributed by atoms with van der Waals surface area (Å²) >= 11 is 0. The number of rotatable bonds is 14. The fourth-order valence-corrected chi connectivity index (χ4v) is 3.43. The number of hydrogen-bond donors (Lipinski definition) is 2. The summed E-state index contributed by atoms with van der Waals surface area (Å²) in [5.41, 5.74) is 0. The Bertz CT molecular complexity index is 666. The predicted molar refractivity (Wildman–Crippen MR) is 113 cm³/mol. The number of aliphatic hydroxyl groups excluding tert-OH is 2. The summed E-state index contributed by atoms with van der Waals surface area (Å²) in [7, 11) is 0. The van der Waals surface area contributed by atoms with Crippen LogP contribution in [0.15, 0.2) is 0 Å². The molecule has 2 N–H and O–H groups in total. The summed E-state index contributed by atoms with van der Waals surface area (Å²) in [6.07, 6.45) is -5.64. The van der Waals surface area contributed by atoms with Gasteiger partial charge >= 0.3 is 23.9 Å². The highest BCUT2D eigenvalue weighted by Crippen LogP contribution is 2.30. The van der Waals surface area contributed by atoms with E-state index in [2.05, 4.69) is 0 Å². The minimum absolute atomic E-state index is 0.0689. The van der Waals surface area contributed by atoms with Gasteiger partial charge in [-0.25, -0.2) is 0 Å². The average Bonchev–Trinajstić information content (AvgIpc) is 2.72. The van der Waals surface area contributed by atoms with Crippen LogP contribution in [0.5, 0.6) is 0 Å². The second-order valence-corrected chi connectivity index (χ2v) is 7.58. The summed E-state index contributed by atoms with van der Waals surface area (Å²) < 4.78 is 32.6. The summed E-state index contributed by atoms with van der Waals surface area (Å²) in [6.45, 7) is 5.50. The molecule has 1 heterocycles. The number of esters is 4. The summed E-state index contributed by atoms with van der Waals surface area (Å²) in [4.78, 5) is 48.4. The van der Waals surface area contributed by atoms with Crippen LogP contribution >= 0.6 is 0 Å². The van der Waals surface area contributed by atoms with E-state index in [1.165, 1.54) is 6.92 Å². The Morgan fingerprint density at radius 1 is 0.765 bits per heavy atom. The van der Waals surface area contributed by atoms with E-state index in [1.54, 1.807) is 0 Å². The number of nitrogens with zero attached hydrogens (tertiary/aromatic N) is 1. The van der Waals surface area contributed by atoms with Crippen molar-refractivity contribution in [3.8, 4) is 0 Å². The van der Waals surface area contributed by atoms with Gasteiger partial charge in [0.2, 0.25) is 0 Å². The molecule has 0 radical (unpaired) electrons. The number of ether oxygens (including phenoxy) is 6. The Morgan fingerprint density at radius 3 is 1.79 bits per heavy atom. The number of aliphatic hydroxyl groups is 2. The van der Waals surface area contributed by atoms with Crippen molar-refractivity contribution in [1.29, 1.82) is 0 Å². The standard InChI is InChI=1S/C21H35NO12/c1-13(25)30-12-17-18(31-14(2)26)19(32-15(3)27)20(33-16(4)28)21(34-17)29-11-5-6-22(7-9-23)8-10-24/h17-21,23-24H,5-12H2,1-4H3. The third kappa shape index (κ3) is 10.7. The molecule has 0 aromatic rings. The monoisotopic (exact) mass is 493 g/mol. The maximum absolute atomic E-state index is 11.8. The van der Waals surface area contributed by atoms with Gasteiger partial charge in [0.1, 0.15) is 12.7 Å². The molecule has 1 rings (SSSR count). The van der Waals surface area contributed by atoms with Crippen molar-refractivity contribution >= 4 is 23.9 Å². The molecular weight excluding hydrogens is 458 g/mol. The highest BCUT2D eigenvalue weighted by molar-refractivity contribution is 5.68. The van der Waals surface area contributed by atoms with Gasteiger partial charge in [0.05, 0.1) is 19.8 Å². The highest BCUT2D eigenvalue weighted by Gasteiger charge is 2.52. The number of carbonyl (C=O) groups excluding carboxylic acids is 4. The summed E-state index contributed by atoms with van der Waals surface area (Å²) in [5, 5.41) is 18.2. The first kappa shape index (κ1) is 29.7.